The Labute approximate surface area is 140 Å². The van der Waals surface area contributed by atoms with E-state index in [0.29, 0.717) is 43.3 Å². The van der Waals surface area contributed by atoms with Crippen LogP contribution in [0.2, 0.25) is 0 Å². The predicted octanol–water partition coefficient (Wildman–Crippen LogP) is 2.41. The maximum atomic E-state index is 11.1. The van der Waals surface area contributed by atoms with E-state index in [1.54, 1.807) is 0 Å². The lowest BCUT2D eigenvalue weighted by Crippen LogP contribution is -2.37. The summed E-state index contributed by atoms with van der Waals surface area (Å²) in [5, 5.41) is 12.3. The van der Waals surface area contributed by atoms with Crippen LogP contribution in [0.5, 0.6) is 0 Å². The summed E-state index contributed by atoms with van der Waals surface area (Å²) in [4.78, 5) is 21.6. The maximum Gasteiger partial charge on any atom is 0.306 e. The molecule has 4 N–H and O–H groups in total. The second-order valence-corrected chi connectivity index (χ2v) is 6.05. The van der Waals surface area contributed by atoms with Crippen LogP contribution >= 0.6 is 0 Å². The van der Waals surface area contributed by atoms with Crippen LogP contribution in [0.1, 0.15) is 18.4 Å². The molecule has 1 aromatic carbocycles. The van der Waals surface area contributed by atoms with Crippen LogP contribution in [0.3, 0.4) is 0 Å². The van der Waals surface area contributed by atoms with Crippen molar-refractivity contribution in [3.05, 3.63) is 36.2 Å². The van der Waals surface area contributed by atoms with Crippen molar-refractivity contribution >= 4 is 29.0 Å². The topological polar surface area (TPSA) is 104 Å². The van der Waals surface area contributed by atoms with Crippen LogP contribution in [-0.4, -0.2) is 34.1 Å². The molecule has 1 aliphatic rings. The summed E-state index contributed by atoms with van der Waals surface area (Å²) in [6, 6.07) is 7.95. The molecule has 126 valence electrons. The molecule has 0 aliphatic carbocycles. The number of nitrogens with two attached hydrogens (primary N) is 1. The van der Waals surface area contributed by atoms with Gasteiger partial charge in [-0.05, 0) is 37.5 Å². The molecule has 1 aromatic heterocycles. The number of piperidine rings is 1. The molecule has 0 unspecified atom stereocenters. The standard InChI is InChI=1S/C17H21N5O2/c1-11-3-2-4-13(9-11)21-15-14(18)16(20-10-19-15)22-7-5-12(6-8-22)17(23)24/h2-4,9-10,12H,5-8,18H2,1H3,(H,23,24)(H,19,20,21). The van der Waals surface area contributed by atoms with Crippen LogP contribution < -0.4 is 16.0 Å². The van der Waals surface area contributed by atoms with Gasteiger partial charge in [0.05, 0.1) is 5.92 Å². The molecule has 2 heterocycles. The average Bonchev–Trinajstić information content (AvgIpc) is 2.57. The van der Waals surface area contributed by atoms with Gasteiger partial charge in [-0.15, -0.1) is 0 Å². The number of nitrogens with one attached hydrogen (secondary N) is 1. The van der Waals surface area contributed by atoms with Gasteiger partial charge in [-0.3, -0.25) is 4.79 Å². The van der Waals surface area contributed by atoms with Gasteiger partial charge < -0.3 is 21.1 Å². The molecule has 0 saturated carbocycles. The predicted molar refractivity (Wildman–Crippen MR) is 93.5 cm³/mol. The van der Waals surface area contributed by atoms with Gasteiger partial charge in [0, 0.05) is 18.8 Å². The minimum Gasteiger partial charge on any atom is -0.481 e. The van der Waals surface area contributed by atoms with Crippen molar-refractivity contribution in [3.63, 3.8) is 0 Å². The second-order valence-electron chi connectivity index (χ2n) is 6.05. The highest BCUT2D eigenvalue weighted by atomic mass is 16.4. The van der Waals surface area contributed by atoms with Gasteiger partial charge in [0.15, 0.2) is 11.6 Å². The Balaban J connectivity index is 1.78. The number of nitrogen functional groups attached to an aromatic ring is 1. The second kappa shape index (κ2) is 6.74. The van der Waals surface area contributed by atoms with E-state index >= 15 is 0 Å². The SMILES string of the molecule is Cc1cccc(Nc2ncnc(N3CCC(C(=O)O)CC3)c2N)c1. The number of benzene rings is 1. The number of anilines is 4. The van der Waals surface area contributed by atoms with E-state index in [2.05, 4.69) is 15.3 Å². The van der Waals surface area contributed by atoms with Crippen LogP contribution in [0, 0.1) is 12.8 Å². The molecule has 1 aliphatic heterocycles. The highest BCUT2D eigenvalue weighted by Gasteiger charge is 2.26. The fourth-order valence-corrected chi connectivity index (χ4v) is 2.94. The first kappa shape index (κ1) is 16.0. The molecule has 0 atom stereocenters. The Hall–Kier alpha value is -2.83. The lowest BCUT2D eigenvalue weighted by Gasteiger charge is -2.31. The van der Waals surface area contributed by atoms with E-state index in [0.717, 1.165) is 11.3 Å². The molecule has 7 nitrogen and oxygen atoms in total. The number of rotatable bonds is 4. The van der Waals surface area contributed by atoms with Gasteiger partial charge in [-0.1, -0.05) is 12.1 Å². The summed E-state index contributed by atoms with van der Waals surface area (Å²) in [7, 11) is 0. The zero-order valence-electron chi connectivity index (χ0n) is 13.6. The smallest absolute Gasteiger partial charge is 0.306 e. The lowest BCUT2D eigenvalue weighted by atomic mass is 9.97. The minimum absolute atomic E-state index is 0.283. The summed E-state index contributed by atoms with van der Waals surface area (Å²) >= 11 is 0. The number of hydrogen-bond acceptors (Lipinski definition) is 6. The molecule has 0 spiro atoms. The molecular formula is C17H21N5O2. The Kier molecular flexibility index (Phi) is 4.50. The first-order chi connectivity index (χ1) is 11.5. The zero-order valence-corrected chi connectivity index (χ0v) is 13.6. The van der Waals surface area contributed by atoms with Gasteiger partial charge in [-0.25, -0.2) is 9.97 Å². The fraction of sp³-hybridized carbons (Fsp3) is 0.353. The van der Waals surface area contributed by atoms with Gasteiger partial charge >= 0.3 is 5.97 Å². The van der Waals surface area contributed by atoms with Crippen molar-refractivity contribution in [1.82, 2.24) is 9.97 Å². The monoisotopic (exact) mass is 327 g/mol. The zero-order chi connectivity index (χ0) is 17.1. The lowest BCUT2D eigenvalue weighted by molar-refractivity contribution is -0.142. The molecule has 24 heavy (non-hydrogen) atoms. The van der Waals surface area contributed by atoms with Crippen molar-refractivity contribution in [2.24, 2.45) is 5.92 Å². The molecular weight excluding hydrogens is 306 g/mol. The first-order valence-electron chi connectivity index (χ1n) is 7.96. The average molecular weight is 327 g/mol. The third kappa shape index (κ3) is 3.40. The van der Waals surface area contributed by atoms with Crippen molar-refractivity contribution in [2.45, 2.75) is 19.8 Å². The maximum absolute atomic E-state index is 11.1. The normalized spacial score (nSPS) is 15.3. The van der Waals surface area contributed by atoms with E-state index in [1.807, 2.05) is 36.1 Å². The molecule has 0 radical (unpaired) electrons. The summed E-state index contributed by atoms with van der Waals surface area (Å²) in [6.45, 7) is 3.27. The van der Waals surface area contributed by atoms with E-state index in [4.69, 9.17) is 10.8 Å². The number of carboxylic acids is 1. The van der Waals surface area contributed by atoms with Crippen LogP contribution in [-0.2, 0) is 4.79 Å². The van der Waals surface area contributed by atoms with E-state index in [9.17, 15) is 4.79 Å². The number of carboxylic acid groups (broad SMARTS) is 1. The van der Waals surface area contributed by atoms with E-state index in [-0.39, 0.29) is 5.92 Å². The van der Waals surface area contributed by atoms with E-state index in [1.165, 1.54) is 6.33 Å². The highest BCUT2D eigenvalue weighted by Crippen LogP contribution is 2.31. The summed E-state index contributed by atoms with van der Waals surface area (Å²) in [6.07, 6.45) is 2.67. The fourth-order valence-electron chi connectivity index (χ4n) is 2.94. The van der Waals surface area contributed by atoms with Gasteiger partial charge in [0.25, 0.3) is 0 Å². The first-order valence-corrected chi connectivity index (χ1v) is 7.96. The number of hydrogen-bond donors (Lipinski definition) is 3. The van der Waals surface area contributed by atoms with Crippen LogP contribution in [0.4, 0.5) is 23.0 Å². The minimum atomic E-state index is -0.730. The summed E-state index contributed by atoms with van der Waals surface area (Å²) in [5.74, 6) is 0.205. The van der Waals surface area contributed by atoms with Crippen LogP contribution in [0.25, 0.3) is 0 Å². The van der Waals surface area contributed by atoms with Crippen molar-refractivity contribution in [2.75, 3.05) is 29.0 Å². The molecule has 2 aromatic rings. The molecule has 1 fully saturated rings. The Bertz CT molecular complexity index is 742. The third-order valence-corrected chi connectivity index (χ3v) is 4.29. The summed E-state index contributed by atoms with van der Waals surface area (Å²) < 4.78 is 0. The van der Waals surface area contributed by atoms with Gasteiger partial charge in [-0.2, -0.15) is 0 Å². The summed E-state index contributed by atoms with van der Waals surface area (Å²) in [5.41, 5.74) is 8.78. The Morgan fingerprint density at radius 2 is 2.08 bits per heavy atom. The Morgan fingerprint density at radius 3 is 2.75 bits per heavy atom. The number of aromatic nitrogens is 2. The number of carbonyl (C=O) groups is 1. The highest BCUT2D eigenvalue weighted by molar-refractivity contribution is 5.78. The number of aryl methyl sites for hydroxylation is 1. The van der Waals surface area contributed by atoms with Crippen molar-refractivity contribution < 1.29 is 9.90 Å². The molecule has 0 amide bonds. The molecule has 3 rings (SSSR count). The van der Waals surface area contributed by atoms with Crippen LogP contribution in [0.15, 0.2) is 30.6 Å². The van der Waals surface area contributed by atoms with E-state index < -0.39 is 5.97 Å². The Morgan fingerprint density at radius 1 is 1.33 bits per heavy atom. The van der Waals surface area contributed by atoms with Gasteiger partial charge in [0.2, 0.25) is 0 Å². The van der Waals surface area contributed by atoms with Gasteiger partial charge in [0.1, 0.15) is 12.0 Å². The number of nitrogens with zero attached hydrogens (tertiary/aromatic N) is 3. The third-order valence-electron chi connectivity index (χ3n) is 4.29. The van der Waals surface area contributed by atoms with Crippen molar-refractivity contribution in [1.29, 1.82) is 0 Å². The quantitative estimate of drug-likeness (QED) is 0.792. The largest absolute Gasteiger partial charge is 0.481 e. The molecule has 0 bridgehead atoms. The van der Waals surface area contributed by atoms with Crippen molar-refractivity contribution in [3.8, 4) is 0 Å². The molecule has 7 heteroatoms. The molecule has 1 saturated heterocycles. The number of aliphatic carboxylic acids is 1.